The maximum atomic E-state index is 2.32. The van der Waals surface area contributed by atoms with Gasteiger partial charge >= 0.3 is 29.6 Å². The van der Waals surface area contributed by atoms with E-state index in [0.717, 1.165) is 12.8 Å². The molecule has 1 aliphatic carbocycles. The van der Waals surface area contributed by atoms with Crippen LogP contribution in [0.1, 0.15) is 16.7 Å². The third-order valence-corrected chi connectivity index (χ3v) is 4.41. The number of allylic oxidation sites excluding steroid dienone is 2. The monoisotopic (exact) mass is 293 g/mol. The molecule has 3 aromatic carbocycles. The van der Waals surface area contributed by atoms with E-state index in [0.29, 0.717) is 0 Å². The van der Waals surface area contributed by atoms with Crippen LogP contribution in [0.15, 0.2) is 66.7 Å². The minimum Gasteiger partial charge on any atom is -0.0838 e. The minimum atomic E-state index is 0. The Morgan fingerprint density at radius 2 is 1.55 bits per heavy atom. The van der Waals surface area contributed by atoms with Crippen LogP contribution >= 0.6 is 0 Å². The van der Waals surface area contributed by atoms with Gasteiger partial charge in [-0.05, 0) is 58.9 Å². The van der Waals surface area contributed by atoms with Crippen LogP contribution in [0.25, 0.3) is 21.9 Å². The van der Waals surface area contributed by atoms with Gasteiger partial charge in [0.2, 0.25) is 0 Å². The van der Waals surface area contributed by atoms with Gasteiger partial charge in [0, 0.05) is 0 Å². The summed E-state index contributed by atoms with van der Waals surface area (Å²) >= 11 is 0. The van der Waals surface area contributed by atoms with Crippen molar-refractivity contribution < 1.29 is 29.6 Å². The summed E-state index contributed by atoms with van der Waals surface area (Å²) in [5.41, 5.74) is 7.00. The fourth-order valence-corrected chi connectivity index (χ4v) is 3.28. The van der Waals surface area contributed by atoms with Crippen molar-refractivity contribution in [2.45, 2.75) is 19.8 Å². The second-order valence-electron chi connectivity index (χ2n) is 5.89. The normalized spacial score (nSPS) is 12.8. The summed E-state index contributed by atoms with van der Waals surface area (Å²) < 4.78 is 0. The Hall–Kier alpha value is -1.34. The van der Waals surface area contributed by atoms with Gasteiger partial charge in [-0.2, -0.15) is 0 Å². The predicted molar refractivity (Wildman–Crippen MR) is 90.7 cm³/mol. The molecule has 102 valence electrons. The first-order chi connectivity index (χ1) is 10.3. The molecule has 0 bridgehead atoms. The smallest absolute Gasteiger partial charge is 0.0838 e. The van der Waals surface area contributed by atoms with Gasteiger partial charge in [-0.15, -0.1) is 0 Å². The van der Waals surface area contributed by atoms with Crippen molar-refractivity contribution >= 4 is 10.8 Å². The molecule has 22 heavy (non-hydrogen) atoms. The van der Waals surface area contributed by atoms with Crippen LogP contribution in [0.2, 0.25) is 0 Å². The molecule has 0 saturated heterocycles. The summed E-state index contributed by atoms with van der Waals surface area (Å²) in [6.07, 6.45) is 6.68. The zero-order valence-electron chi connectivity index (χ0n) is 13.3. The molecule has 0 atom stereocenters. The molecule has 0 unspecified atom stereocenters. The van der Waals surface area contributed by atoms with Gasteiger partial charge in [0.05, 0.1) is 0 Å². The average Bonchev–Trinajstić information content (AvgIpc) is 2.54. The largest absolute Gasteiger partial charge is 1.00 e. The van der Waals surface area contributed by atoms with Crippen molar-refractivity contribution in [3.8, 4) is 11.1 Å². The molecule has 1 heteroatoms. The molecule has 0 heterocycles. The van der Waals surface area contributed by atoms with Gasteiger partial charge < -0.3 is 0 Å². The Kier molecular flexibility index (Phi) is 4.54. The molecular weight excluding hydrogens is 275 g/mol. The van der Waals surface area contributed by atoms with Crippen molar-refractivity contribution in [2.75, 3.05) is 0 Å². The molecule has 0 N–H and O–H groups in total. The average molecular weight is 293 g/mol. The second kappa shape index (κ2) is 6.42. The van der Waals surface area contributed by atoms with E-state index in [2.05, 4.69) is 73.7 Å². The van der Waals surface area contributed by atoms with E-state index in [-0.39, 0.29) is 29.6 Å². The van der Waals surface area contributed by atoms with Crippen LogP contribution in [-0.2, 0) is 12.8 Å². The maximum absolute atomic E-state index is 2.32. The van der Waals surface area contributed by atoms with Gasteiger partial charge in [-0.1, -0.05) is 66.2 Å². The SMILES string of the molecule is Cc1ccc2cc(-c3cccc4c3CC=CC4)ccc2c1.[Na+]. The fourth-order valence-electron chi connectivity index (χ4n) is 3.28. The van der Waals surface area contributed by atoms with Crippen molar-refractivity contribution in [2.24, 2.45) is 0 Å². The Labute approximate surface area is 154 Å². The van der Waals surface area contributed by atoms with Crippen molar-refractivity contribution in [3.63, 3.8) is 0 Å². The molecule has 0 nitrogen and oxygen atoms in total. The number of benzene rings is 3. The molecule has 0 aliphatic heterocycles. The fraction of sp³-hybridized carbons (Fsp3) is 0.143. The number of hydrogen-bond acceptors (Lipinski definition) is 0. The number of rotatable bonds is 1. The predicted octanol–water partition coefficient (Wildman–Crippen LogP) is 2.47. The van der Waals surface area contributed by atoms with Gasteiger partial charge in [0.15, 0.2) is 0 Å². The van der Waals surface area contributed by atoms with Gasteiger partial charge in [0.25, 0.3) is 0 Å². The summed E-state index contributed by atoms with van der Waals surface area (Å²) in [5, 5.41) is 2.64. The molecule has 4 rings (SSSR count). The van der Waals surface area contributed by atoms with Crippen molar-refractivity contribution in [1.29, 1.82) is 0 Å². The van der Waals surface area contributed by atoms with E-state index < -0.39 is 0 Å². The molecule has 0 amide bonds. The number of hydrogen-bond donors (Lipinski definition) is 0. The molecule has 3 aromatic rings. The Morgan fingerprint density at radius 1 is 0.773 bits per heavy atom. The minimum absolute atomic E-state index is 0. The molecule has 0 spiro atoms. The van der Waals surface area contributed by atoms with E-state index in [9.17, 15) is 0 Å². The zero-order chi connectivity index (χ0) is 14.2. The third kappa shape index (κ3) is 2.79. The van der Waals surface area contributed by atoms with Crippen molar-refractivity contribution in [3.05, 3.63) is 83.4 Å². The molecule has 0 aromatic heterocycles. The van der Waals surface area contributed by atoms with E-state index in [1.54, 1.807) is 0 Å². The molecule has 0 radical (unpaired) electrons. The summed E-state index contributed by atoms with van der Waals surface area (Å²) in [4.78, 5) is 0. The van der Waals surface area contributed by atoms with Gasteiger partial charge in [-0.3, -0.25) is 0 Å². The number of fused-ring (bicyclic) bond motifs is 2. The van der Waals surface area contributed by atoms with Crippen LogP contribution in [0.5, 0.6) is 0 Å². The number of aryl methyl sites for hydroxylation is 1. The first-order valence-corrected chi connectivity index (χ1v) is 7.58. The molecule has 0 fully saturated rings. The van der Waals surface area contributed by atoms with E-state index in [1.807, 2.05) is 0 Å². The van der Waals surface area contributed by atoms with Crippen LogP contribution in [-0.4, -0.2) is 0 Å². The Morgan fingerprint density at radius 3 is 2.45 bits per heavy atom. The van der Waals surface area contributed by atoms with E-state index in [1.165, 1.54) is 38.6 Å². The quantitative estimate of drug-likeness (QED) is 0.478. The summed E-state index contributed by atoms with van der Waals surface area (Å²) in [5.74, 6) is 0. The molecular formula is C21H18Na+. The summed E-state index contributed by atoms with van der Waals surface area (Å²) in [6, 6.07) is 20.2. The first-order valence-electron chi connectivity index (χ1n) is 7.58. The van der Waals surface area contributed by atoms with Gasteiger partial charge in [0.1, 0.15) is 0 Å². The molecule has 1 aliphatic rings. The zero-order valence-corrected chi connectivity index (χ0v) is 15.3. The van der Waals surface area contributed by atoms with Crippen molar-refractivity contribution in [1.82, 2.24) is 0 Å². The Bertz CT molecular complexity index is 859. The summed E-state index contributed by atoms with van der Waals surface area (Å²) in [7, 11) is 0. The maximum Gasteiger partial charge on any atom is 1.00 e. The van der Waals surface area contributed by atoms with Crippen LogP contribution in [0, 0.1) is 6.92 Å². The van der Waals surface area contributed by atoms with Crippen LogP contribution in [0.3, 0.4) is 0 Å². The first kappa shape index (κ1) is 15.6. The van der Waals surface area contributed by atoms with Crippen LogP contribution < -0.4 is 29.6 Å². The Balaban J connectivity index is 0.00000144. The third-order valence-electron chi connectivity index (χ3n) is 4.41. The summed E-state index contributed by atoms with van der Waals surface area (Å²) in [6.45, 7) is 2.15. The molecule has 0 saturated carbocycles. The van der Waals surface area contributed by atoms with E-state index in [4.69, 9.17) is 0 Å². The van der Waals surface area contributed by atoms with Gasteiger partial charge in [-0.25, -0.2) is 0 Å². The topological polar surface area (TPSA) is 0 Å². The second-order valence-corrected chi connectivity index (χ2v) is 5.89. The van der Waals surface area contributed by atoms with E-state index >= 15 is 0 Å². The van der Waals surface area contributed by atoms with Crippen LogP contribution in [0.4, 0.5) is 0 Å². The standard InChI is InChI=1S/C21H18.Na/c1-15-9-10-18-14-19(12-11-17(18)13-15)21-8-4-6-16-5-2-3-7-20(16)21;/h2-4,6,8-14H,5,7H2,1H3;/q;+1.